The molecule has 1 amide bonds. The predicted molar refractivity (Wildman–Crippen MR) is 87.7 cm³/mol. The van der Waals surface area contributed by atoms with E-state index >= 15 is 0 Å². The van der Waals surface area contributed by atoms with Crippen LogP contribution >= 0.6 is 12.2 Å². The third kappa shape index (κ3) is 4.70. The third-order valence-corrected chi connectivity index (χ3v) is 4.64. The number of rotatable bonds is 6. The van der Waals surface area contributed by atoms with Crippen LogP contribution in [0.3, 0.4) is 0 Å². The fourth-order valence-electron chi connectivity index (χ4n) is 2.80. The molecule has 116 valence electrons. The number of hydrogen-bond acceptors (Lipinski definition) is 3. The van der Waals surface area contributed by atoms with Gasteiger partial charge in [-0.2, -0.15) is 0 Å². The Balaban J connectivity index is 2.66. The van der Waals surface area contributed by atoms with Crippen molar-refractivity contribution in [2.24, 2.45) is 11.1 Å². The van der Waals surface area contributed by atoms with Crippen molar-refractivity contribution < 1.29 is 4.79 Å². The van der Waals surface area contributed by atoms with Gasteiger partial charge >= 0.3 is 0 Å². The van der Waals surface area contributed by atoms with Gasteiger partial charge in [0.1, 0.15) is 0 Å². The number of carbonyl (C=O) groups excluding carboxylic acids is 1. The van der Waals surface area contributed by atoms with Crippen LogP contribution in [0.1, 0.15) is 51.9 Å². The maximum atomic E-state index is 12.7. The maximum Gasteiger partial charge on any atom is 0.233 e. The zero-order valence-electron chi connectivity index (χ0n) is 13.1. The highest BCUT2D eigenvalue weighted by atomic mass is 32.1. The van der Waals surface area contributed by atoms with Gasteiger partial charge in [-0.15, -0.1) is 0 Å². The molecule has 1 fully saturated rings. The van der Waals surface area contributed by atoms with Crippen LogP contribution in [0.5, 0.6) is 0 Å². The van der Waals surface area contributed by atoms with Crippen LogP contribution in [0.15, 0.2) is 0 Å². The highest BCUT2D eigenvalue weighted by Crippen LogP contribution is 2.36. The van der Waals surface area contributed by atoms with Crippen molar-refractivity contribution in [1.82, 2.24) is 10.2 Å². The molecule has 0 heterocycles. The van der Waals surface area contributed by atoms with E-state index in [1.165, 1.54) is 12.8 Å². The van der Waals surface area contributed by atoms with E-state index in [0.29, 0.717) is 4.99 Å². The number of amides is 1. The molecule has 5 heteroatoms. The molecule has 1 aliphatic rings. The molecule has 20 heavy (non-hydrogen) atoms. The van der Waals surface area contributed by atoms with Crippen LogP contribution in [0.4, 0.5) is 0 Å². The van der Waals surface area contributed by atoms with Gasteiger partial charge in [0.2, 0.25) is 5.91 Å². The summed E-state index contributed by atoms with van der Waals surface area (Å²) < 4.78 is 0. The van der Waals surface area contributed by atoms with Gasteiger partial charge in [-0.1, -0.05) is 37.9 Å². The molecule has 0 aromatic carbocycles. The van der Waals surface area contributed by atoms with Gasteiger partial charge in [0.15, 0.2) is 0 Å². The molecule has 0 aromatic rings. The van der Waals surface area contributed by atoms with Crippen molar-refractivity contribution in [3.05, 3.63) is 0 Å². The Morgan fingerprint density at radius 1 is 1.30 bits per heavy atom. The standard InChI is InChI=1S/C15H29N3OS/c1-12(8-11-18(2)3)17-14(19)15(13(16)20)9-6-4-5-7-10-15/h12H,4-11H2,1-3H3,(H2,16,20)(H,17,19). The van der Waals surface area contributed by atoms with E-state index in [2.05, 4.69) is 10.2 Å². The summed E-state index contributed by atoms with van der Waals surface area (Å²) in [6.07, 6.45) is 6.96. The lowest BCUT2D eigenvalue weighted by molar-refractivity contribution is -0.128. The van der Waals surface area contributed by atoms with E-state index in [1.807, 2.05) is 21.0 Å². The van der Waals surface area contributed by atoms with E-state index in [4.69, 9.17) is 18.0 Å². The lowest BCUT2D eigenvalue weighted by atomic mass is 9.79. The largest absolute Gasteiger partial charge is 0.392 e. The topological polar surface area (TPSA) is 58.4 Å². The van der Waals surface area contributed by atoms with Gasteiger partial charge in [0.05, 0.1) is 10.4 Å². The van der Waals surface area contributed by atoms with Crippen molar-refractivity contribution in [2.75, 3.05) is 20.6 Å². The molecule has 1 atom stereocenters. The normalized spacial score (nSPS) is 20.2. The van der Waals surface area contributed by atoms with Crippen LogP contribution in [-0.2, 0) is 4.79 Å². The lowest BCUT2D eigenvalue weighted by Crippen LogP contribution is -2.51. The van der Waals surface area contributed by atoms with Crippen molar-refractivity contribution in [3.8, 4) is 0 Å². The first-order chi connectivity index (χ1) is 9.38. The molecule has 3 N–H and O–H groups in total. The highest BCUT2D eigenvalue weighted by Gasteiger charge is 2.41. The maximum absolute atomic E-state index is 12.7. The van der Waals surface area contributed by atoms with Crippen LogP contribution in [0.25, 0.3) is 0 Å². The van der Waals surface area contributed by atoms with E-state index in [0.717, 1.165) is 38.6 Å². The monoisotopic (exact) mass is 299 g/mol. The number of thiocarbonyl (C=S) groups is 1. The second-order valence-corrected chi connectivity index (χ2v) is 6.77. The lowest BCUT2D eigenvalue weighted by Gasteiger charge is -2.31. The molecule has 1 saturated carbocycles. The fourth-order valence-corrected chi connectivity index (χ4v) is 3.10. The average Bonchev–Trinajstić information content (AvgIpc) is 2.62. The predicted octanol–water partition coefficient (Wildman–Crippen LogP) is 2.07. The van der Waals surface area contributed by atoms with Crippen molar-refractivity contribution >= 4 is 23.1 Å². The minimum atomic E-state index is -0.613. The Hall–Kier alpha value is -0.680. The van der Waals surface area contributed by atoms with Crippen LogP contribution in [0.2, 0.25) is 0 Å². The van der Waals surface area contributed by atoms with E-state index in [1.54, 1.807) is 0 Å². The smallest absolute Gasteiger partial charge is 0.233 e. The summed E-state index contributed by atoms with van der Waals surface area (Å²) in [5.74, 6) is 0.0400. The molecule has 0 aliphatic heterocycles. The zero-order valence-corrected chi connectivity index (χ0v) is 13.9. The fraction of sp³-hybridized carbons (Fsp3) is 0.867. The zero-order chi connectivity index (χ0) is 15.2. The van der Waals surface area contributed by atoms with Crippen LogP contribution in [0, 0.1) is 5.41 Å². The van der Waals surface area contributed by atoms with Crippen LogP contribution in [-0.4, -0.2) is 42.5 Å². The number of nitrogens with one attached hydrogen (secondary N) is 1. The van der Waals surface area contributed by atoms with E-state index in [-0.39, 0.29) is 11.9 Å². The minimum absolute atomic E-state index is 0.0400. The number of nitrogens with two attached hydrogens (primary N) is 1. The van der Waals surface area contributed by atoms with Gasteiger partial charge in [-0.25, -0.2) is 0 Å². The molecule has 0 radical (unpaired) electrons. The van der Waals surface area contributed by atoms with E-state index < -0.39 is 5.41 Å². The summed E-state index contributed by atoms with van der Waals surface area (Å²) in [6.45, 7) is 3.01. The number of nitrogens with zero attached hydrogens (tertiary/aromatic N) is 1. The SMILES string of the molecule is CC(CCN(C)C)NC(=O)C1(C(N)=S)CCCCCC1. The molecular formula is C15H29N3OS. The van der Waals surface area contributed by atoms with E-state index in [9.17, 15) is 4.79 Å². The molecule has 1 unspecified atom stereocenters. The second-order valence-electron chi connectivity index (χ2n) is 6.33. The Morgan fingerprint density at radius 3 is 2.30 bits per heavy atom. The first-order valence-corrected chi connectivity index (χ1v) is 8.05. The van der Waals surface area contributed by atoms with Gasteiger partial charge in [0, 0.05) is 6.04 Å². The summed E-state index contributed by atoms with van der Waals surface area (Å²) in [5, 5.41) is 3.12. The molecular weight excluding hydrogens is 270 g/mol. The molecule has 1 aliphatic carbocycles. The molecule has 0 aromatic heterocycles. The van der Waals surface area contributed by atoms with Gasteiger partial charge < -0.3 is 16.0 Å². The van der Waals surface area contributed by atoms with Gasteiger partial charge in [-0.05, 0) is 46.8 Å². The van der Waals surface area contributed by atoms with Crippen LogP contribution < -0.4 is 11.1 Å². The number of carbonyl (C=O) groups is 1. The average molecular weight is 299 g/mol. The van der Waals surface area contributed by atoms with Crippen molar-refractivity contribution in [3.63, 3.8) is 0 Å². The molecule has 0 bridgehead atoms. The summed E-state index contributed by atoms with van der Waals surface area (Å²) in [5.41, 5.74) is 5.32. The minimum Gasteiger partial charge on any atom is -0.392 e. The Labute approximate surface area is 128 Å². The van der Waals surface area contributed by atoms with Gasteiger partial charge in [-0.3, -0.25) is 4.79 Å². The molecule has 4 nitrogen and oxygen atoms in total. The second kappa shape index (κ2) is 7.93. The highest BCUT2D eigenvalue weighted by molar-refractivity contribution is 7.80. The Morgan fingerprint density at radius 2 is 1.85 bits per heavy atom. The summed E-state index contributed by atoms with van der Waals surface area (Å²) >= 11 is 5.23. The summed E-state index contributed by atoms with van der Waals surface area (Å²) in [7, 11) is 4.08. The third-order valence-electron chi connectivity index (χ3n) is 4.25. The Bertz CT molecular complexity index is 336. The first-order valence-electron chi connectivity index (χ1n) is 7.64. The summed E-state index contributed by atoms with van der Waals surface area (Å²) in [4.78, 5) is 15.2. The summed E-state index contributed by atoms with van der Waals surface area (Å²) in [6, 6.07) is 0.152. The van der Waals surface area contributed by atoms with Crippen molar-refractivity contribution in [1.29, 1.82) is 0 Å². The number of hydrogen-bond donors (Lipinski definition) is 2. The molecule has 0 saturated heterocycles. The quantitative estimate of drug-likeness (QED) is 0.582. The van der Waals surface area contributed by atoms with Gasteiger partial charge in [0.25, 0.3) is 0 Å². The molecule has 1 rings (SSSR count). The molecule has 0 spiro atoms. The van der Waals surface area contributed by atoms with Crippen molar-refractivity contribution in [2.45, 2.75) is 57.9 Å². The Kier molecular flexibility index (Phi) is 6.89. The first kappa shape index (κ1) is 17.4.